The van der Waals surface area contributed by atoms with E-state index >= 15 is 0 Å². The van der Waals surface area contributed by atoms with Crippen molar-refractivity contribution in [3.05, 3.63) is 66.8 Å². The molecule has 3 aliphatic rings. The summed E-state index contributed by atoms with van der Waals surface area (Å²) < 4.78 is 14.4. The summed E-state index contributed by atoms with van der Waals surface area (Å²) in [6.07, 6.45) is 3.84. The molecular formula is C19H19FN2O4. The molecule has 136 valence electrons. The lowest BCUT2D eigenvalue weighted by Gasteiger charge is -2.39. The Labute approximate surface area is 148 Å². The topological polar surface area (TPSA) is 92.2 Å². The fourth-order valence-corrected chi connectivity index (χ4v) is 4.41. The number of nitrogens with zero attached hydrogens (tertiary/aromatic N) is 1. The van der Waals surface area contributed by atoms with Gasteiger partial charge < -0.3 is 10.1 Å². The molecule has 0 saturated heterocycles. The van der Waals surface area contributed by atoms with Crippen LogP contribution >= 0.6 is 0 Å². The molecule has 0 radical (unpaired) electrons. The number of nitrogens with one attached hydrogen (secondary N) is 1. The van der Waals surface area contributed by atoms with Crippen LogP contribution in [0.4, 0.5) is 4.39 Å². The summed E-state index contributed by atoms with van der Waals surface area (Å²) in [6, 6.07) is 0. The van der Waals surface area contributed by atoms with Crippen molar-refractivity contribution in [1.82, 2.24) is 9.55 Å². The van der Waals surface area contributed by atoms with Crippen LogP contribution in [-0.2, 0) is 11.3 Å². The minimum atomic E-state index is -1.46. The molecule has 3 aliphatic carbocycles. The number of hydrogen-bond acceptors (Lipinski definition) is 4. The predicted octanol–water partition coefficient (Wildman–Crippen LogP) is 1.36. The lowest BCUT2D eigenvalue weighted by molar-refractivity contribution is -0.137. The van der Waals surface area contributed by atoms with Gasteiger partial charge in [-0.25, -0.2) is 4.79 Å². The van der Waals surface area contributed by atoms with E-state index in [4.69, 9.17) is 0 Å². The highest BCUT2D eigenvalue weighted by atomic mass is 19.1. The third-order valence-corrected chi connectivity index (χ3v) is 6.20. The summed E-state index contributed by atoms with van der Waals surface area (Å²) in [4.78, 5) is 39.1. The molecule has 1 fully saturated rings. The first-order valence-electron chi connectivity index (χ1n) is 8.50. The first-order valence-corrected chi connectivity index (χ1v) is 8.50. The Morgan fingerprint density at radius 3 is 2.54 bits per heavy atom. The average molecular weight is 358 g/mol. The largest absolute Gasteiger partial charge is 0.381 e. The van der Waals surface area contributed by atoms with Crippen LogP contribution in [0.2, 0.25) is 0 Å². The first-order chi connectivity index (χ1) is 12.1. The molecule has 0 bridgehead atoms. The van der Waals surface area contributed by atoms with Gasteiger partial charge in [0, 0.05) is 17.2 Å². The summed E-state index contributed by atoms with van der Waals surface area (Å²) in [5, 5.41) is 10.8. The lowest BCUT2D eigenvalue weighted by Crippen LogP contribution is -2.49. The summed E-state index contributed by atoms with van der Waals surface area (Å²) >= 11 is 0. The molecule has 1 saturated carbocycles. The van der Waals surface area contributed by atoms with Crippen LogP contribution < -0.4 is 11.2 Å². The molecular weight excluding hydrogens is 339 g/mol. The Kier molecular flexibility index (Phi) is 3.25. The monoisotopic (exact) mass is 358 g/mol. The first kappa shape index (κ1) is 16.9. The van der Waals surface area contributed by atoms with E-state index in [0.29, 0.717) is 29.6 Å². The van der Waals surface area contributed by atoms with Crippen LogP contribution in [0.25, 0.3) is 0 Å². The van der Waals surface area contributed by atoms with Crippen LogP contribution in [0.5, 0.6) is 0 Å². The molecule has 0 amide bonds. The fraction of sp³-hybridized carbons (Fsp3) is 0.421. The molecule has 7 heteroatoms. The summed E-state index contributed by atoms with van der Waals surface area (Å²) in [5.74, 6) is -1.38. The second-order valence-corrected chi connectivity index (χ2v) is 7.54. The van der Waals surface area contributed by atoms with Crippen molar-refractivity contribution in [2.24, 2.45) is 5.41 Å². The molecule has 1 spiro atoms. The van der Waals surface area contributed by atoms with Gasteiger partial charge in [0.2, 0.25) is 5.82 Å². The number of rotatable bonds is 2. The van der Waals surface area contributed by atoms with Crippen molar-refractivity contribution in [2.45, 2.75) is 45.8 Å². The van der Waals surface area contributed by atoms with Crippen molar-refractivity contribution >= 4 is 5.78 Å². The van der Waals surface area contributed by atoms with E-state index in [-0.39, 0.29) is 12.3 Å². The zero-order valence-corrected chi connectivity index (χ0v) is 14.8. The molecule has 6 nitrogen and oxygen atoms in total. The number of halogens is 1. The number of aromatic nitrogens is 2. The highest BCUT2D eigenvalue weighted by Gasteiger charge is 2.65. The number of Topliss-reactive ketones (excluding diaryl/α,β-unsaturated/α-hetero) is 1. The predicted molar refractivity (Wildman–Crippen MR) is 92.1 cm³/mol. The molecule has 26 heavy (non-hydrogen) atoms. The number of fused-ring (bicyclic) bond motifs is 1. The number of aromatic amines is 1. The van der Waals surface area contributed by atoms with Crippen LogP contribution in [0, 0.1) is 11.2 Å². The SMILES string of the molecule is CC1=C(Cn2c(=O)[nH]cc(F)c2=O)C2=C(C)C3(CC3)[C@@](C)(O)C(=O)C2=C1. The van der Waals surface area contributed by atoms with Crippen molar-refractivity contribution in [3.63, 3.8) is 0 Å². The van der Waals surface area contributed by atoms with Gasteiger partial charge in [-0.15, -0.1) is 0 Å². The second kappa shape index (κ2) is 5.01. The van der Waals surface area contributed by atoms with Gasteiger partial charge in [0.05, 0.1) is 6.54 Å². The second-order valence-electron chi connectivity index (χ2n) is 7.54. The zero-order valence-electron chi connectivity index (χ0n) is 14.8. The number of hydrogen-bond donors (Lipinski definition) is 2. The molecule has 2 N–H and O–H groups in total. The van der Waals surface area contributed by atoms with Gasteiger partial charge in [0.1, 0.15) is 5.60 Å². The van der Waals surface area contributed by atoms with Crippen LogP contribution in [0.15, 0.2) is 49.7 Å². The lowest BCUT2D eigenvalue weighted by atomic mass is 9.67. The Hall–Kier alpha value is -2.54. The number of H-pyrrole nitrogens is 1. The van der Waals surface area contributed by atoms with Crippen LogP contribution in [-0.4, -0.2) is 26.0 Å². The van der Waals surface area contributed by atoms with E-state index in [1.165, 1.54) is 0 Å². The molecule has 4 rings (SSSR count). The van der Waals surface area contributed by atoms with Gasteiger partial charge >= 0.3 is 5.69 Å². The number of aliphatic hydroxyl groups is 1. The third-order valence-electron chi connectivity index (χ3n) is 6.20. The summed E-state index contributed by atoms with van der Waals surface area (Å²) in [7, 11) is 0. The quantitative estimate of drug-likeness (QED) is 0.835. The Balaban J connectivity index is 1.88. The standard InChI is InChI=1S/C19H19FN2O4/c1-9-6-11-14(10(2)19(4-5-19)18(3,26)15(11)23)12(9)8-22-16(24)13(20)7-21-17(22)25/h6-7,26H,4-5,8H2,1-3H3,(H,21,25)/t18-/m0/s1. The van der Waals surface area contributed by atoms with Gasteiger partial charge in [-0.3, -0.25) is 14.2 Å². The van der Waals surface area contributed by atoms with Crippen molar-refractivity contribution in [2.75, 3.05) is 0 Å². The maximum atomic E-state index is 13.6. The minimum Gasteiger partial charge on any atom is -0.381 e. The number of allylic oxidation sites excluding steroid dienone is 4. The molecule has 0 unspecified atom stereocenters. The van der Waals surface area contributed by atoms with Gasteiger partial charge in [-0.2, -0.15) is 4.39 Å². The van der Waals surface area contributed by atoms with E-state index in [9.17, 15) is 23.9 Å². The van der Waals surface area contributed by atoms with Crippen molar-refractivity contribution in [1.29, 1.82) is 0 Å². The van der Waals surface area contributed by atoms with Crippen LogP contribution in [0.1, 0.15) is 33.6 Å². The fourth-order valence-electron chi connectivity index (χ4n) is 4.41. The molecule has 1 aromatic rings. The molecule has 1 aromatic heterocycles. The average Bonchev–Trinajstić information content (AvgIpc) is 3.34. The number of ketones is 1. The van der Waals surface area contributed by atoms with Crippen molar-refractivity contribution < 1.29 is 14.3 Å². The van der Waals surface area contributed by atoms with Gasteiger partial charge in [0.15, 0.2) is 5.78 Å². The molecule has 0 aliphatic heterocycles. The number of carbonyl (C=O) groups excluding carboxylic acids is 1. The Morgan fingerprint density at radius 1 is 1.27 bits per heavy atom. The van der Waals surface area contributed by atoms with E-state index in [2.05, 4.69) is 4.98 Å². The minimum absolute atomic E-state index is 0.129. The van der Waals surface area contributed by atoms with E-state index in [1.807, 2.05) is 6.92 Å². The zero-order chi connectivity index (χ0) is 19.0. The summed E-state index contributed by atoms with van der Waals surface area (Å²) in [6.45, 7) is 5.09. The highest BCUT2D eigenvalue weighted by molar-refractivity contribution is 6.10. The molecule has 1 atom stereocenters. The molecule has 0 aromatic carbocycles. The van der Waals surface area contributed by atoms with E-state index in [0.717, 1.165) is 21.9 Å². The van der Waals surface area contributed by atoms with Gasteiger partial charge in [0.25, 0.3) is 5.56 Å². The Morgan fingerprint density at radius 2 is 1.92 bits per heavy atom. The maximum Gasteiger partial charge on any atom is 0.328 e. The smallest absolute Gasteiger partial charge is 0.328 e. The maximum absolute atomic E-state index is 13.6. The van der Waals surface area contributed by atoms with Gasteiger partial charge in [-0.1, -0.05) is 5.57 Å². The highest BCUT2D eigenvalue weighted by Crippen LogP contribution is 2.64. The normalized spacial score (nSPS) is 26.5. The van der Waals surface area contributed by atoms with E-state index in [1.54, 1.807) is 19.9 Å². The van der Waals surface area contributed by atoms with Crippen LogP contribution in [0.3, 0.4) is 0 Å². The van der Waals surface area contributed by atoms with Crippen molar-refractivity contribution in [3.8, 4) is 0 Å². The van der Waals surface area contributed by atoms with E-state index < -0.39 is 28.1 Å². The third kappa shape index (κ3) is 1.92. The number of carbonyl (C=O) groups is 1. The van der Waals surface area contributed by atoms with Gasteiger partial charge in [-0.05, 0) is 56.4 Å². The summed E-state index contributed by atoms with van der Waals surface area (Å²) in [5.41, 5.74) is -0.416. The molecule has 1 heterocycles. The Bertz CT molecular complexity index is 1080.